The maximum atomic E-state index is 9.21. The van der Waals surface area contributed by atoms with Gasteiger partial charge in [0.2, 0.25) is 0 Å². The third-order valence-corrected chi connectivity index (χ3v) is 2.06. The molecular weight excluding hydrogens is 210 g/mol. The molecule has 4 heteroatoms. The quantitative estimate of drug-likeness (QED) is 0.706. The lowest BCUT2D eigenvalue weighted by atomic mass is 10.3. The summed E-state index contributed by atoms with van der Waals surface area (Å²) in [4.78, 5) is 0. The third kappa shape index (κ3) is 1.57. The van der Waals surface area contributed by atoms with E-state index >= 15 is 0 Å². The van der Waals surface area contributed by atoms with E-state index in [1.165, 1.54) is 13.2 Å². The average Bonchev–Trinajstić information content (AvgIpc) is 1.96. The van der Waals surface area contributed by atoms with Crippen LogP contribution in [0.4, 0.5) is 5.69 Å². The first-order valence-electron chi connectivity index (χ1n) is 2.97. The Kier molecular flexibility index (Phi) is 2.24. The van der Waals surface area contributed by atoms with Gasteiger partial charge in [-0.1, -0.05) is 0 Å². The summed E-state index contributed by atoms with van der Waals surface area (Å²) in [6, 6.07) is 3.08. The standard InChI is InChI=1S/C7H8BrNO2/c1-11-6-3-4(9)2-5(10)7(6)8/h2-3,10H,9H2,1H3. The zero-order valence-electron chi connectivity index (χ0n) is 5.97. The highest BCUT2D eigenvalue weighted by Crippen LogP contribution is 2.35. The molecule has 1 aromatic rings. The highest BCUT2D eigenvalue weighted by atomic mass is 79.9. The molecule has 0 heterocycles. The second-order valence-corrected chi connectivity index (χ2v) is 2.85. The third-order valence-electron chi connectivity index (χ3n) is 1.26. The van der Waals surface area contributed by atoms with Crippen LogP contribution in [0.1, 0.15) is 0 Å². The predicted octanol–water partition coefficient (Wildman–Crippen LogP) is 1.75. The van der Waals surface area contributed by atoms with Crippen LogP contribution in [0.5, 0.6) is 11.5 Å². The summed E-state index contributed by atoms with van der Waals surface area (Å²) in [5.41, 5.74) is 5.92. The fourth-order valence-electron chi connectivity index (χ4n) is 0.752. The first-order chi connectivity index (χ1) is 5.15. The van der Waals surface area contributed by atoms with Crippen molar-refractivity contribution in [3.8, 4) is 11.5 Å². The van der Waals surface area contributed by atoms with Gasteiger partial charge < -0.3 is 15.6 Å². The second-order valence-electron chi connectivity index (χ2n) is 2.06. The van der Waals surface area contributed by atoms with Crippen LogP contribution in [0.3, 0.4) is 0 Å². The molecule has 3 N–H and O–H groups in total. The number of methoxy groups -OCH3 is 1. The molecule has 0 saturated carbocycles. The molecule has 0 aliphatic rings. The Morgan fingerprint density at radius 1 is 1.55 bits per heavy atom. The maximum absolute atomic E-state index is 9.21. The van der Waals surface area contributed by atoms with Gasteiger partial charge in [0.15, 0.2) is 0 Å². The van der Waals surface area contributed by atoms with Crippen LogP contribution in [0, 0.1) is 0 Å². The van der Waals surface area contributed by atoms with E-state index in [1.54, 1.807) is 6.07 Å². The second kappa shape index (κ2) is 3.00. The van der Waals surface area contributed by atoms with E-state index in [1.807, 2.05) is 0 Å². The first-order valence-corrected chi connectivity index (χ1v) is 3.76. The van der Waals surface area contributed by atoms with Gasteiger partial charge in [0, 0.05) is 17.8 Å². The minimum atomic E-state index is 0.0850. The van der Waals surface area contributed by atoms with Gasteiger partial charge in [-0.15, -0.1) is 0 Å². The molecule has 3 nitrogen and oxygen atoms in total. The van der Waals surface area contributed by atoms with Gasteiger partial charge >= 0.3 is 0 Å². The van der Waals surface area contributed by atoms with Crippen LogP contribution >= 0.6 is 15.9 Å². The molecule has 0 unspecified atom stereocenters. The summed E-state index contributed by atoms with van der Waals surface area (Å²) < 4.78 is 5.44. The average molecular weight is 218 g/mol. The van der Waals surface area contributed by atoms with Gasteiger partial charge in [-0.2, -0.15) is 0 Å². The van der Waals surface area contributed by atoms with Gasteiger partial charge in [-0.05, 0) is 15.9 Å². The largest absolute Gasteiger partial charge is 0.507 e. The molecule has 60 valence electrons. The fourth-order valence-corrected chi connectivity index (χ4v) is 1.14. The molecular formula is C7H8BrNO2. The number of phenolic OH excluding ortho intramolecular Hbond substituents is 1. The number of benzene rings is 1. The van der Waals surface area contributed by atoms with Crippen molar-refractivity contribution in [2.45, 2.75) is 0 Å². The number of ether oxygens (including phenoxy) is 1. The Morgan fingerprint density at radius 2 is 2.18 bits per heavy atom. The fraction of sp³-hybridized carbons (Fsp3) is 0.143. The molecule has 0 spiro atoms. The Morgan fingerprint density at radius 3 is 2.73 bits per heavy atom. The summed E-state index contributed by atoms with van der Waals surface area (Å²) in [6.07, 6.45) is 0. The van der Waals surface area contributed by atoms with Crippen LogP contribution in [0.25, 0.3) is 0 Å². The molecule has 0 bridgehead atoms. The van der Waals surface area contributed by atoms with Crippen LogP contribution < -0.4 is 10.5 Å². The number of phenols is 1. The van der Waals surface area contributed by atoms with Crippen molar-refractivity contribution < 1.29 is 9.84 Å². The zero-order chi connectivity index (χ0) is 8.43. The number of rotatable bonds is 1. The molecule has 0 radical (unpaired) electrons. The summed E-state index contributed by atoms with van der Waals surface area (Å²) in [5.74, 6) is 0.615. The Hall–Kier alpha value is -0.900. The van der Waals surface area contributed by atoms with Gasteiger partial charge in [0.25, 0.3) is 0 Å². The van der Waals surface area contributed by atoms with Crippen molar-refractivity contribution in [1.82, 2.24) is 0 Å². The summed E-state index contributed by atoms with van der Waals surface area (Å²) >= 11 is 3.14. The van der Waals surface area contributed by atoms with E-state index in [-0.39, 0.29) is 5.75 Å². The Bertz CT molecular complexity index is 275. The minimum Gasteiger partial charge on any atom is -0.507 e. The zero-order valence-corrected chi connectivity index (χ0v) is 7.55. The number of anilines is 1. The molecule has 1 rings (SSSR count). The van der Waals surface area contributed by atoms with Crippen molar-refractivity contribution in [2.75, 3.05) is 12.8 Å². The van der Waals surface area contributed by atoms with Crippen molar-refractivity contribution in [2.24, 2.45) is 0 Å². The lowest BCUT2D eigenvalue weighted by Gasteiger charge is -2.05. The van der Waals surface area contributed by atoms with Crippen LogP contribution in [0.15, 0.2) is 16.6 Å². The number of nitrogens with two attached hydrogens (primary N) is 1. The number of hydrogen-bond donors (Lipinski definition) is 2. The number of aromatic hydroxyl groups is 1. The van der Waals surface area contributed by atoms with E-state index in [0.717, 1.165) is 0 Å². The Balaban J connectivity index is 3.24. The number of hydrogen-bond acceptors (Lipinski definition) is 3. The lowest BCUT2D eigenvalue weighted by Crippen LogP contribution is -1.89. The number of nitrogen functional groups attached to an aromatic ring is 1. The predicted molar refractivity (Wildman–Crippen MR) is 46.8 cm³/mol. The number of halogens is 1. The van der Waals surface area contributed by atoms with Gasteiger partial charge in [0.05, 0.1) is 7.11 Å². The minimum absolute atomic E-state index is 0.0850. The normalized spacial score (nSPS) is 9.64. The van der Waals surface area contributed by atoms with Crippen molar-refractivity contribution in [1.29, 1.82) is 0 Å². The van der Waals surface area contributed by atoms with Gasteiger partial charge in [-0.25, -0.2) is 0 Å². The van der Waals surface area contributed by atoms with Gasteiger partial charge in [-0.3, -0.25) is 0 Å². The Labute approximate surface area is 72.9 Å². The van der Waals surface area contributed by atoms with Crippen molar-refractivity contribution >= 4 is 21.6 Å². The van der Waals surface area contributed by atoms with Crippen LogP contribution in [-0.4, -0.2) is 12.2 Å². The van der Waals surface area contributed by atoms with E-state index in [4.69, 9.17) is 10.5 Å². The molecule has 0 saturated heterocycles. The molecule has 0 amide bonds. The van der Waals surface area contributed by atoms with E-state index in [2.05, 4.69) is 15.9 Å². The molecule has 0 aromatic heterocycles. The first kappa shape index (κ1) is 8.20. The monoisotopic (exact) mass is 217 g/mol. The van der Waals surface area contributed by atoms with Gasteiger partial charge in [0.1, 0.15) is 16.0 Å². The van der Waals surface area contributed by atoms with Crippen molar-refractivity contribution in [3.63, 3.8) is 0 Å². The summed E-state index contributed by atoms with van der Waals surface area (Å²) in [5, 5.41) is 9.21. The van der Waals surface area contributed by atoms with E-state index in [9.17, 15) is 5.11 Å². The highest BCUT2D eigenvalue weighted by molar-refractivity contribution is 9.10. The molecule has 11 heavy (non-hydrogen) atoms. The topological polar surface area (TPSA) is 55.5 Å². The SMILES string of the molecule is COc1cc(N)cc(O)c1Br. The molecule has 1 aromatic carbocycles. The summed E-state index contributed by atoms with van der Waals surface area (Å²) in [7, 11) is 1.51. The summed E-state index contributed by atoms with van der Waals surface area (Å²) in [6.45, 7) is 0. The molecule has 0 aliphatic heterocycles. The maximum Gasteiger partial charge on any atom is 0.138 e. The molecule has 0 aliphatic carbocycles. The lowest BCUT2D eigenvalue weighted by molar-refractivity contribution is 0.404. The van der Waals surface area contributed by atoms with Crippen LogP contribution in [-0.2, 0) is 0 Å². The van der Waals surface area contributed by atoms with E-state index < -0.39 is 0 Å². The highest BCUT2D eigenvalue weighted by Gasteiger charge is 2.05. The molecule has 0 fully saturated rings. The van der Waals surface area contributed by atoms with Crippen LogP contribution in [0.2, 0.25) is 0 Å². The van der Waals surface area contributed by atoms with E-state index in [0.29, 0.717) is 15.9 Å². The van der Waals surface area contributed by atoms with Crippen molar-refractivity contribution in [3.05, 3.63) is 16.6 Å². The smallest absolute Gasteiger partial charge is 0.138 e. The molecule has 0 atom stereocenters.